The molecule has 0 unspecified atom stereocenters. The van der Waals surface area contributed by atoms with E-state index in [1.807, 2.05) is 6.08 Å². The molecule has 2 fully saturated rings. The fraction of sp³-hybridized carbons (Fsp3) is 0.300. The molecule has 1 amide bonds. The van der Waals surface area contributed by atoms with Gasteiger partial charge in [0.15, 0.2) is 0 Å². The second kappa shape index (κ2) is 8.77. The Bertz CT molecular complexity index is 978. The fourth-order valence-electron chi connectivity index (χ4n) is 3.43. The van der Waals surface area contributed by atoms with Gasteiger partial charge in [-0.1, -0.05) is 55.4 Å². The average molecular weight is 450 g/mol. The SMILES string of the molecule is O=C1/C(=C\c2ccc(Oc3nc(Cl)ncc3F)cc2)SC(=S)N1C1CCCCC1. The van der Waals surface area contributed by atoms with Gasteiger partial charge in [0.2, 0.25) is 11.1 Å². The molecule has 1 saturated carbocycles. The van der Waals surface area contributed by atoms with Crippen LogP contribution in [0.25, 0.3) is 6.08 Å². The van der Waals surface area contributed by atoms with E-state index in [4.69, 9.17) is 28.6 Å². The van der Waals surface area contributed by atoms with Crippen molar-refractivity contribution in [1.29, 1.82) is 0 Å². The molecule has 0 atom stereocenters. The third kappa shape index (κ3) is 4.60. The number of halogens is 2. The van der Waals surface area contributed by atoms with Crippen LogP contribution in [0, 0.1) is 5.82 Å². The normalized spacial score (nSPS) is 19.2. The van der Waals surface area contributed by atoms with Gasteiger partial charge in [0.05, 0.1) is 11.1 Å². The van der Waals surface area contributed by atoms with Crippen molar-refractivity contribution in [1.82, 2.24) is 14.9 Å². The second-order valence-electron chi connectivity index (χ2n) is 6.81. The molecule has 0 radical (unpaired) electrons. The molecule has 29 heavy (non-hydrogen) atoms. The summed E-state index contributed by atoms with van der Waals surface area (Å²) < 4.78 is 19.7. The van der Waals surface area contributed by atoms with Crippen molar-refractivity contribution in [2.45, 2.75) is 38.1 Å². The molecule has 1 saturated heterocycles. The Morgan fingerprint density at radius 1 is 1.24 bits per heavy atom. The van der Waals surface area contributed by atoms with Crippen molar-refractivity contribution >= 4 is 51.9 Å². The van der Waals surface area contributed by atoms with Gasteiger partial charge >= 0.3 is 0 Å². The van der Waals surface area contributed by atoms with Crippen molar-refractivity contribution in [3.63, 3.8) is 0 Å². The van der Waals surface area contributed by atoms with Crippen LogP contribution in [0.2, 0.25) is 5.28 Å². The van der Waals surface area contributed by atoms with Crippen molar-refractivity contribution in [3.8, 4) is 11.6 Å². The lowest BCUT2D eigenvalue weighted by Crippen LogP contribution is -2.39. The number of hydrogen-bond acceptors (Lipinski definition) is 6. The Hall–Kier alpha value is -2.03. The van der Waals surface area contributed by atoms with Crippen molar-refractivity contribution in [2.24, 2.45) is 0 Å². The Labute approximate surface area is 182 Å². The number of benzene rings is 1. The monoisotopic (exact) mass is 449 g/mol. The molecular formula is C20H17ClFN3O2S2. The number of aromatic nitrogens is 2. The third-order valence-electron chi connectivity index (χ3n) is 4.84. The van der Waals surface area contributed by atoms with E-state index in [1.54, 1.807) is 29.2 Å². The van der Waals surface area contributed by atoms with Gasteiger partial charge in [-0.2, -0.15) is 9.37 Å². The lowest BCUT2D eigenvalue weighted by Gasteiger charge is -2.29. The first kappa shape index (κ1) is 20.3. The molecule has 2 aromatic rings. The summed E-state index contributed by atoms with van der Waals surface area (Å²) in [5, 5.41) is -0.0991. The van der Waals surface area contributed by atoms with Crippen LogP contribution in [0.4, 0.5) is 4.39 Å². The minimum absolute atomic E-state index is 0.0232. The highest BCUT2D eigenvalue weighted by atomic mass is 35.5. The van der Waals surface area contributed by atoms with Crippen LogP contribution in [0.1, 0.15) is 37.7 Å². The summed E-state index contributed by atoms with van der Waals surface area (Å²) in [6, 6.07) is 7.12. The summed E-state index contributed by atoms with van der Waals surface area (Å²) in [4.78, 5) is 22.5. The first-order valence-electron chi connectivity index (χ1n) is 9.24. The number of amides is 1. The summed E-state index contributed by atoms with van der Waals surface area (Å²) in [7, 11) is 0. The molecule has 2 aliphatic rings. The van der Waals surface area contributed by atoms with E-state index in [1.165, 1.54) is 18.2 Å². The zero-order valence-corrected chi connectivity index (χ0v) is 17.7. The van der Waals surface area contributed by atoms with E-state index in [9.17, 15) is 9.18 Å². The number of rotatable bonds is 4. The fourth-order valence-corrected chi connectivity index (χ4v) is 4.96. The summed E-state index contributed by atoms with van der Waals surface area (Å²) in [5.74, 6) is -0.577. The minimum atomic E-state index is -0.704. The summed E-state index contributed by atoms with van der Waals surface area (Å²) >= 11 is 12.5. The van der Waals surface area contributed by atoms with Gasteiger partial charge in [0.25, 0.3) is 11.8 Å². The topological polar surface area (TPSA) is 55.3 Å². The van der Waals surface area contributed by atoms with Crippen molar-refractivity contribution in [2.75, 3.05) is 0 Å². The van der Waals surface area contributed by atoms with Crippen molar-refractivity contribution < 1.29 is 13.9 Å². The highest BCUT2D eigenvalue weighted by molar-refractivity contribution is 8.26. The third-order valence-corrected chi connectivity index (χ3v) is 6.35. The van der Waals surface area contributed by atoms with Gasteiger partial charge in [-0.25, -0.2) is 4.98 Å². The highest BCUT2D eigenvalue weighted by Gasteiger charge is 2.37. The summed E-state index contributed by atoms with van der Waals surface area (Å²) in [6.45, 7) is 0. The number of thioether (sulfide) groups is 1. The molecular weight excluding hydrogens is 433 g/mol. The van der Waals surface area contributed by atoms with Crippen LogP contribution in [0.15, 0.2) is 35.4 Å². The van der Waals surface area contributed by atoms with Gasteiger partial charge in [0, 0.05) is 6.04 Å². The van der Waals surface area contributed by atoms with E-state index in [0.717, 1.165) is 37.4 Å². The smallest absolute Gasteiger partial charge is 0.266 e. The zero-order chi connectivity index (χ0) is 20.4. The number of thiocarbonyl (C=S) groups is 1. The Morgan fingerprint density at radius 2 is 1.97 bits per heavy atom. The zero-order valence-electron chi connectivity index (χ0n) is 15.3. The molecule has 0 spiro atoms. The number of nitrogens with zero attached hydrogens (tertiary/aromatic N) is 3. The van der Waals surface area contributed by atoms with Crippen LogP contribution >= 0.6 is 35.6 Å². The maximum absolute atomic E-state index is 13.7. The van der Waals surface area contributed by atoms with Gasteiger partial charge < -0.3 is 4.74 Å². The largest absolute Gasteiger partial charge is 0.436 e. The molecule has 1 aliphatic carbocycles. The molecule has 5 nitrogen and oxygen atoms in total. The lowest BCUT2D eigenvalue weighted by molar-refractivity contribution is -0.124. The van der Waals surface area contributed by atoms with E-state index in [0.29, 0.717) is 15.0 Å². The molecule has 2 heterocycles. The first-order chi connectivity index (χ1) is 14.0. The Morgan fingerprint density at radius 3 is 2.69 bits per heavy atom. The van der Waals surface area contributed by atoms with E-state index < -0.39 is 5.82 Å². The molecule has 0 N–H and O–H groups in total. The van der Waals surface area contributed by atoms with Gasteiger partial charge in [-0.05, 0) is 48.2 Å². The molecule has 9 heteroatoms. The number of hydrogen-bond donors (Lipinski definition) is 0. The Balaban J connectivity index is 1.48. The van der Waals surface area contributed by atoms with Crippen LogP contribution in [-0.4, -0.2) is 31.1 Å². The van der Waals surface area contributed by atoms with Crippen LogP contribution in [0.3, 0.4) is 0 Å². The molecule has 0 bridgehead atoms. The maximum Gasteiger partial charge on any atom is 0.266 e. The standard InChI is InChI=1S/C20H17ClFN3O2S2/c21-19-23-11-15(22)17(24-19)27-14-8-6-12(7-9-14)10-16-18(26)25(20(28)29-16)13-4-2-1-3-5-13/h6-11,13H,1-5H2/b16-10+. The predicted molar refractivity (Wildman–Crippen MR) is 115 cm³/mol. The molecule has 1 aromatic heterocycles. The number of carbonyl (C=O) groups excluding carboxylic acids is 1. The van der Waals surface area contributed by atoms with E-state index in [-0.39, 0.29) is 23.1 Å². The van der Waals surface area contributed by atoms with E-state index >= 15 is 0 Å². The molecule has 1 aromatic carbocycles. The van der Waals surface area contributed by atoms with Gasteiger partial charge in [-0.3, -0.25) is 9.69 Å². The number of carbonyl (C=O) groups is 1. The van der Waals surface area contributed by atoms with Crippen LogP contribution in [-0.2, 0) is 4.79 Å². The molecule has 1 aliphatic heterocycles. The average Bonchev–Trinajstić information content (AvgIpc) is 3.00. The number of ether oxygens (including phenoxy) is 1. The van der Waals surface area contributed by atoms with Crippen molar-refractivity contribution in [3.05, 3.63) is 52.0 Å². The van der Waals surface area contributed by atoms with Crippen LogP contribution in [0.5, 0.6) is 11.6 Å². The van der Waals surface area contributed by atoms with E-state index in [2.05, 4.69) is 9.97 Å². The lowest BCUT2D eigenvalue weighted by atomic mass is 9.94. The minimum Gasteiger partial charge on any atom is -0.436 e. The summed E-state index contributed by atoms with van der Waals surface area (Å²) in [5.41, 5.74) is 0.822. The first-order valence-corrected chi connectivity index (χ1v) is 10.8. The Kier molecular flexibility index (Phi) is 6.12. The maximum atomic E-state index is 13.7. The van der Waals surface area contributed by atoms with Gasteiger partial charge in [-0.15, -0.1) is 0 Å². The second-order valence-corrected chi connectivity index (χ2v) is 8.82. The predicted octanol–water partition coefficient (Wildman–Crippen LogP) is 5.60. The van der Waals surface area contributed by atoms with Crippen LogP contribution < -0.4 is 4.74 Å². The molecule has 4 rings (SSSR count). The highest BCUT2D eigenvalue weighted by Crippen LogP contribution is 2.37. The summed E-state index contributed by atoms with van der Waals surface area (Å²) in [6.07, 6.45) is 8.29. The quantitative estimate of drug-likeness (QED) is 0.344. The molecule has 150 valence electrons. The van der Waals surface area contributed by atoms with Gasteiger partial charge in [0.1, 0.15) is 10.1 Å².